The zero-order valence-corrected chi connectivity index (χ0v) is 13.4. The molecule has 0 saturated carbocycles. The highest BCUT2D eigenvalue weighted by atomic mass is 15.3. The Labute approximate surface area is 133 Å². The Hall–Kier alpha value is -1.64. The van der Waals surface area contributed by atoms with Gasteiger partial charge in [0.1, 0.15) is 11.9 Å². The zero-order valence-electron chi connectivity index (χ0n) is 13.4. The average molecular weight is 299 g/mol. The number of anilines is 1. The summed E-state index contributed by atoms with van der Waals surface area (Å²) in [6, 6.07) is 6.66. The molecule has 0 unspecified atom stereocenters. The van der Waals surface area contributed by atoms with Gasteiger partial charge in [0, 0.05) is 45.0 Å². The second-order valence-corrected chi connectivity index (χ2v) is 6.43. The minimum atomic E-state index is 0.628. The lowest BCUT2D eigenvalue weighted by molar-refractivity contribution is 0.124. The van der Waals surface area contributed by atoms with E-state index in [1.807, 2.05) is 12.1 Å². The van der Waals surface area contributed by atoms with Crippen LogP contribution in [0.1, 0.15) is 24.8 Å². The summed E-state index contributed by atoms with van der Waals surface area (Å²) in [5.74, 6) is 0.994. The highest BCUT2D eigenvalue weighted by molar-refractivity contribution is 5.42. The summed E-state index contributed by atoms with van der Waals surface area (Å²) in [7, 11) is 2.26. The number of nitriles is 1. The molecule has 0 aliphatic carbocycles. The first kappa shape index (κ1) is 15.3. The number of pyridine rings is 1. The monoisotopic (exact) mass is 299 g/mol. The van der Waals surface area contributed by atoms with Gasteiger partial charge < -0.3 is 9.80 Å². The third-order valence-electron chi connectivity index (χ3n) is 4.96. The number of aromatic nitrogens is 1. The first-order chi connectivity index (χ1) is 10.8. The SMILES string of the molecule is CN1CCCC[C@@H]1CN1CCN(c2ccc(C#N)cn2)CC1. The van der Waals surface area contributed by atoms with E-state index in [4.69, 9.17) is 5.26 Å². The summed E-state index contributed by atoms with van der Waals surface area (Å²) in [6.45, 7) is 6.70. The highest BCUT2D eigenvalue weighted by Crippen LogP contribution is 2.18. The molecule has 1 atom stereocenters. The predicted octanol–water partition coefficient (Wildman–Crippen LogP) is 1.56. The van der Waals surface area contributed by atoms with E-state index in [-0.39, 0.29) is 0 Å². The Morgan fingerprint density at radius 2 is 2.00 bits per heavy atom. The van der Waals surface area contributed by atoms with Gasteiger partial charge >= 0.3 is 0 Å². The number of rotatable bonds is 3. The molecule has 2 saturated heterocycles. The van der Waals surface area contributed by atoms with Gasteiger partial charge in [0.25, 0.3) is 0 Å². The maximum atomic E-state index is 8.84. The Kier molecular flexibility index (Phi) is 4.91. The lowest BCUT2D eigenvalue weighted by atomic mass is 10.0. The highest BCUT2D eigenvalue weighted by Gasteiger charge is 2.24. The second kappa shape index (κ2) is 7.08. The third-order valence-corrected chi connectivity index (χ3v) is 4.96. The van der Waals surface area contributed by atoms with Crippen LogP contribution < -0.4 is 4.90 Å². The number of piperidine rings is 1. The van der Waals surface area contributed by atoms with E-state index in [0.29, 0.717) is 5.56 Å². The first-order valence-corrected chi connectivity index (χ1v) is 8.30. The van der Waals surface area contributed by atoms with E-state index in [1.54, 1.807) is 6.20 Å². The largest absolute Gasteiger partial charge is 0.354 e. The first-order valence-electron chi connectivity index (χ1n) is 8.30. The van der Waals surface area contributed by atoms with Crippen LogP contribution in [0.4, 0.5) is 5.82 Å². The summed E-state index contributed by atoms with van der Waals surface area (Å²) in [5, 5.41) is 8.84. The van der Waals surface area contributed by atoms with Crippen LogP contribution in [0.2, 0.25) is 0 Å². The topological polar surface area (TPSA) is 46.4 Å². The molecule has 0 spiro atoms. The van der Waals surface area contributed by atoms with Crippen LogP contribution in [0, 0.1) is 11.3 Å². The van der Waals surface area contributed by atoms with Crippen molar-refractivity contribution in [2.24, 2.45) is 0 Å². The molecule has 0 amide bonds. The number of hydrogen-bond donors (Lipinski definition) is 0. The van der Waals surface area contributed by atoms with Crippen molar-refractivity contribution in [2.75, 3.05) is 51.2 Å². The van der Waals surface area contributed by atoms with E-state index in [2.05, 4.69) is 32.8 Å². The Balaban J connectivity index is 1.50. The van der Waals surface area contributed by atoms with Gasteiger partial charge in [0.05, 0.1) is 5.56 Å². The van der Waals surface area contributed by atoms with Crippen LogP contribution >= 0.6 is 0 Å². The fraction of sp³-hybridized carbons (Fsp3) is 0.647. The van der Waals surface area contributed by atoms with Crippen LogP contribution in [0.5, 0.6) is 0 Å². The predicted molar refractivity (Wildman–Crippen MR) is 87.9 cm³/mol. The van der Waals surface area contributed by atoms with Crippen LogP contribution in [-0.2, 0) is 0 Å². The fourth-order valence-corrected chi connectivity index (χ4v) is 3.47. The smallest absolute Gasteiger partial charge is 0.128 e. The van der Waals surface area contributed by atoms with E-state index in [0.717, 1.165) is 38.0 Å². The van der Waals surface area contributed by atoms with E-state index in [9.17, 15) is 0 Å². The standard InChI is InChI=1S/C17H25N5/c1-20-7-3-2-4-16(20)14-21-8-10-22(11-9-21)17-6-5-15(12-18)13-19-17/h5-6,13,16H,2-4,7-11,14H2,1H3/t16-/m1/s1. The van der Waals surface area contributed by atoms with Crippen molar-refractivity contribution in [3.05, 3.63) is 23.9 Å². The Bertz CT molecular complexity index is 513. The summed E-state index contributed by atoms with van der Waals surface area (Å²) >= 11 is 0. The minimum Gasteiger partial charge on any atom is -0.354 e. The number of nitrogens with zero attached hydrogens (tertiary/aromatic N) is 5. The van der Waals surface area contributed by atoms with Gasteiger partial charge in [-0.25, -0.2) is 4.98 Å². The number of likely N-dealkylation sites (N-methyl/N-ethyl adjacent to an activating group) is 1. The molecule has 1 aromatic heterocycles. The second-order valence-electron chi connectivity index (χ2n) is 6.43. The Morgan fingerprint density at radius 1 is 1.18 bits per heavy atom. The molecule has 22 heavy (non-hydrogen) atoms. The lowest BCUT2D eigenvalue weighted by Crippen LogP contribution is -2.52. The zero-order chi connectivity index (χ0) is 15.4. The third kappa shape index (κ3) is 3.57. The molecule has 118 valence electrons. The van der Waals surface area contributed by atoms with Crippen molar-refractivity contribution in [1.82, 2.24) is 14.8 Å². The molecule has 1 aromatic rings. The van der Waals surface area contributed by atoms with Crippen LogP contribution in [0.15, 0.2) is 18.3 Å². The maximum absolute atomic E-state index is 8.84. The molecular weight excluding hydrogens is 274 g/mol. The molecule has 0 bridgehead atoms. The van der Waals surface area contributed by atoms with Crippen molar-refractivity contribution in [3.8, 4) is 6.07 Å². The van der Waals surface area contributed by atoms with Gasteiger partial charge in [-0.1, -0.05) is 6.42 Å². The van der Waals surface area contributed by atoms with E-state index < -0.39 is 0 Å². The molecule has 5 heteroatoms. The Morgan fingerprint density at radius 3 is 2.64 bits per heavy atom. The molecule has 2 aliphatic rings. The van der Waals surface area contributed by atoms with E-state index in [1.165, 1.54) is 32.4 Å². The number of hydrogen-bond acceptors (Lipinski definition) is 5. The van der Waals surface area contributed by atoms with Gasteiger partial charge in [-0.3, -0.25) is 4.90 Å². The molecule has 3 rings (SSSR count). The molecule has 2 aliphatic heterocycles. The quantitative estimate of drug-likeness (QED) is 0.847. The van der Waals surface area contributed by atoms with Crippen molar-refractivity contribution in [1.29, 1.82) is 5.26 Å². The normalized spacial score (nSPS) is 24.2. The molecule has 5 nitrogen and oxygen atoms in total. The molecule has 3 heterocycles. The number of piperazine rings is 1. The summed E-state index contributed by atoms with van der Waals surface area (Å²) in [4.78, 5) is 11.8. The van der Waals surface area contributed by atoms with Crippen LogP contribution in [0.3, 0.4) is 0 Å². The van der Waals surface area contributed by atoms with Gasteiger partial charge in [-0.05, 0) is 38.6 Å². The molecule has 0 N–H and O–H groups in total. The summed E-state index contributed by atoms with van der Waals surface area (Å²) in [5.41, 5.74) is 0.628. The van der Waals surface area contributed by atoms with Crippen molar-refractivity contribution < 1.29 is 0 Å². The molecular formula is C17H25N5. The van der Waals surface area contributed by atoms with Gasteiger partial charge in [-0.2, -0.15) is 5.26 Å². The van der Waals surface area contributed by atoms with Gasteiger partial charge in [-0.15, -0.1) is 0 Å². The molecule has 0 radical (unpaired) electrons. The number of likely N-dealkylation sites (tertiary alicyclic amines) is 1. The van der Waals surface area contributed by atoms with E-state index >= 15 is 0 Å². The summed E-state index contributed by atoms with van der Waals surface area (Å²) < 4.78 is 0. The minimum absolute atomic E-state index is 0.628. The van der Waals surface area contributed by atoms with Gasteiger partial charge in [0.2, 0.25) is 0 Å². The van der Waals surface area contributed by atoms with Crippen LogP contribution in [-0.4, -0.2) is 67.1 Å². The van der Waals surface area contributed by atoms with Crippen molar-refractivity contribution in [3.63, 3.8) is 0 Å². The fourth-order valence-electron chi connectivity index (χ4n) is 3.47. The molecule has 2 fully saturated rings. The molecule has 0 aromatic carbocycles. The van der Waals surface area contributed by atoms with Crippen molar-refractivity contribution in [2.45, 2.75) is 25.3 Å². The lowest BCUT2D eigenvalue weighted by Gasteiger charge is -2.40. The van der Waals surface area contributed by atoms with Crippen LogP contribution in [0.25, 0.3) is 0 Å². The van der Waals surface area contributed by atoms with Gasteiger partial charge in [0.15, 0.2) is 0 Å². The maximum Gasteiger partial charge on any atom is 0.128 e. The average Bonchev–Trinajstić information content (AvgIpc) is 2.58. The van der Waals surface area contributed by atoms with Crippen molar-refractivity contribution >= 4 is 5.82 Å². The summed E-state index contributed by atoms with van der Waals surface area (Å²) in [6.07, 6.45) is 5.74.